The topological polar surface area (TPSA) is 53.2 Å². The Hall–Kier alpha value is -2.43. The zero-order chi connectivity index (χ0) is 14.0. The van der Waals surface area contributed by atoms with Crippen LogP contribution < -0.4 is 4.73 Å². The number of esters is 1. The zero-order valence-corrected chi connectivity index (χ0v) is 10.5. The van der Waals surface area contributed by atoms with Crippen molar-refractivity contribution in [3.05, 3.63) is 58.7 Å². The molecule has 5 heteroatoms. The van der Waals surface area contributed by atoms with E-state index in [2.05, 4.69) is 4.74 Å². The van der Waals surface area contributed by atoms with E-state index in [9.17, 15) is 14.4 Å². The highest BCUT2D eigenvalue weighted by Gasteiger charge is 2.23. The first kappa shape index (κ1) is 13.0. The molecule has 0 N–H and O–H groups in total. The second-order valence-corrected chi connectivity index (χ2v) is 4.03. The molecule has 0 aliphatic carbocycles. The van der Waals surface area contributed by atoms with Crippen LogP contribution in [-0.2, 0) is 4.74 Å². The predicted octanol–water partition coefficient (Wildman–Crippen LogP) is 2.22. The quantitative estimate of drug-likeness (QED) is 0.473. The van der Waals surface area contributed by atoms with Gasteiger partial charge in [-0.2, -0.15) is 4.73 Å². The molecule has 0 amide bonds. The van der Waals surface area contributed by atoms with Crippen LogP contribution in [0.4, 0.5) is 4.39 Å². The van der Waals surface area contributed by atoms with Crippen molar-refractivity contribution in [1.29, 1.82) is 0 Å². The fraction of sp³-hybridized carbons (Fsp3) is 0.143. The van der Waals surface area contributed by atoms with Gasteiger partial charge in [-0.3, -0.25) is 0 Å². The standard InChI is InChI=1S/C14H12FNO3/c1-9-3-8-12(14(17)19-2)13(16(9)18)10-4-6-11(15)7-5-10/h3-8H,1-2H3. The van der Waals surface area contributed by atoms with Gasteiger partial charge in [0, 0.05) is 18.6 Å². The van der Waals surface area contributed by atoms with E-state index in [0.717, 1.165) is 0 Å². The minimum atomic E-state index is -0.607. The summed E-state index contributed by atoms with van der Waals surface area (Å²) in [6.07, 6.45) is 0. The first-order valence-electron chi connectivity index (χ1n) is 5.62. The average Bonchev–Trinajstić information content (AvgIpc) is 2.42. The molecule has 0 aliphatic rings. The van der Waals surface area contributed by atoms with Crippen LogP contribution in [0.25, 0.3) is 11.3 Å². The van der Waals surface area contributed by atoms with E-state index < -0.39 is 11.8 Å². The Bertz CT molecular complexity index is 623. The van der Waals surface area contributed by atoms with Gasteiger partial charge in [0.05, 0.1) is 7.11 Å². The van der Waals surface area contributed by atoms with Crippen molar-refractivity contribution >= 4 is 5.97 Å². The first-order valence-corrected chi connectivity index (χ1v) is 5.62. The number of aromatic nitrogens is 1. The number of ether oxygens (including phenoxy) is 1. The van der Waals surface area contributed by atoms with Crippen LogP contribution >= 0.6 is 0 Å². The molecule has 0 saturated heterocycles. The Morgan fingerprint density at radius 2 is 1.84 bits per heavy atom. The van der Waals surface area contributed by atoms with Gasteiger partial charge in [0.2, 0.25) is 5.69 Å². The molecule has 19 heavy (non-hydrogen) atoms. The van der Waals surface area contributed by atoms with Crippen LogP contribution in [0.2, 0.25) is 0 Å². The van der Waals surface area contributed by atoms with E-state index in [0.29, 0.717) is 16.0 Å². The number of hydrogen-bond acceptors (Lipinski definition) is 3. The number of methoxy groups -OCH3 is 1. The Kier molecular flexibility index (Phi) is 3.46. The van der Waals surface area contributed by atoms with Gasteiger partial charge in [-0.05, 0) is 30.3 Å². The highest BCUT2D eigenvalue weighted by molar-refractivity contribution is 5.95. The lowest BCUT2D eigenvalue weighted by atomic mass is 10.0. The summed E-state index contributed by atoms with van der Waals surface area (Å²) in [6, 6.07) is 8.42. The van der Waals surface area contributed by atoms with Crippen LogP contribution in [0, 0.1) is 17.9 Å². The average molecular weight is 261 g/mol. The highest BCUT2D eigenvalue weighted by atomic mass is 19.1. The largest absolute Gasteiger partial charge is 0.618 e. The van der Waals surface area contributed by atoms with Crippen LogP contribution in [0.3, 0.4) is 0 Å². The fourth-order valence-electron chi connectivity index (χ4n) is 1.79. The number of carbonyl (C=O) groups is 1. The molecule has 0 saturated carbocycles. The van der Waals surface area contributed by atoms with Crippen LogP contribution in [0.15, 0.2) is 36.4 Å². The molecule has 0 atom stereocenters. The number of pyridine rings is 1. The molecule has 2 aromatic rings. The number of benzene rings is 1. The molecule has 98 valence electrons. The summed E-state index contributed by atoms with van der Waals surface area (Å²) < 4.78 is 18.2. The SMILES string of the molecule is COC(=O)c1ccc(C)[n+]([O-])c1-c1ccc(F)cc1. The maximum absolute atomic E-state index is 12.9. The van der Waals surface area contributed by atoms with Gasteiger partial charge in [-0.25, -0.2) is 9.18 Å². The molecule has 4 nitrogen and oxygen atoms in total. The van der Waals surface area contributed by atoms with E-state index >= 15 is 0 Å². The third kappa shape index (κ3) is 2.40. The van der Waals surface area contributed by atoms with E-state index in [4.69, 9.17) is 0 Å². The van der Waals surface area contributed by atoms with E-state index in [1.54, 1.807) is 6.92 Å². The molecular weight excluding hydrogens is 249 g/mol. The summed E-state index contributed by atoms with van der Waals surface area (Å²) in [5.41, 5.74) is 1.20. The third-order valence-corrected chi connectivity index (χ3v) is 2.79. The van der Waals surface area contributed by atoms with E-state index in [1.807, 2.05) is 0 Å². The van der Waals surface area contributed by atoms with Gasteiger partial charge in [-0.15, -0.1) is 0 Å². The van der Waals surface area contributed by atoms with Crippen LogP contribution in [-0.4, -0.2) is 13.1 Å². The molecule has 1 aromatic heterocycles. The number of halogens is 1. The Morgan fingerprint density at radius 1 is 1.21 bits per heavy atom. The normalized spacial score (nSPS) is 10.3. The lowest BCUT2D eigenvalue weighted by Crippen LogP contribution is -2.35. The van der Waals surface area contributed by atoms with Gasteiger partial charge < -0.3 is 9.94 Å². The van der Waals surface area contributed by atoms with Crippen molar-refractivity contribution < 1.29 is 18.7 Å². The number of nitrogens with zero attached hydrogens (tertiary/aromatic N) is 1. The van der Waals surface area contributed by atoms with Crippen molar-refractivity contribution in [2.45, 2.75) is 6.92 Å². The molecule has 0 bridgehead atoms. The molecule has 0 aliphatic heterocycles. The Morgan fingerprint density at radius 3 is 2.42 bits per heavy atom. The molecule has 0 unspecified atom stereocenters. The molecule has 0 fully saturated rings. The molecular formula is C14H12FNO3. The second kappa shape index (κ2) is 5.06. The lowest BCUT2D eigenvalue weighted by Gasteiger charge is -2.10. The molecule has 1 heterocycles. The van der Waals surface area contributed by atoms with Gasteiger partial charge in [0.1, 0.15) is 11.4 Å². The monoisotopic (exact) mass is 261 g/mol. The highest BCUT2D eigenvalue weighted by Crippen LogP contribution is 2.21. The van der Waals surface area contributed by atoms with Crippen molar-refractivity contribution in [2.24, 2.45) is 0 Å². The molecule has 0 spiro atoms. The van der Waals surface area contributed by atoms with Crippen LogP contribution in [0.5, 0.6) is 0 Å². The minimum Gasteiger partial charge on any atom is -0.618 e. The van der Waals surface area contributed by atoms with Gasteiger partial charge >= 0.3 is 5.97 Å². The van der Waals surface area contributed by atoms with Crippen molar-refractivity contribution in [3.8, 4) is 11.3 Å². The molecule has 1 aromatic carbocycles. The van der Waals surface area contributed by atoms with Crippen LogP contribution in [0.1, 0.15) is 16.1 Å². The smallest absolute Gasteiger partial charge is 0.344 e. The summed E-state index contributed by atoms with van der Waals surface area (Å²) in [4.78, 5) is 11.7. The van der Waals surface area contributed by atoms with Gasteiger partial charge in [-0.1, -0.05) is 0 Å². The first-order chi connectivity index (χ1) is 9.04. The fourth-order valence-corrected chi connectivity index (χ4v) is 1.79. The van der Waals surface area contributed by atoms with Gasteiger partial charge in [0.15, 0.2) is 5.69 Å². The maximum atomic E-state index is 12.9. The van der Waals surface area contributed by atoms with Gasteiger partial charge in [0.25, 0.3) is 0 Å². The number of carbonyl (C=O) groups excluding carboxylic acids is 1. The van der Waals surface area contributed by atoms with Crippen molar-refractivity contribution in [3.63, 3.8) is 0 Å². The maximum Gasteiger partial charge on any atom is 0.344 e. The summed E-state index contributed by atoms with van der Waals surface area (Å²) >= 11 is 0. The number of aryl methyl sites for hydroxylation is 1. The Balaban J connectivity index is 2.69. The summed E-state index contributed by atoms with van der Waals surface area (Å²) in [5.74, 6) is -1.02. The predicted molar refractivity (Wildman–Crippen MR) is 66.9 cm³/mol. The number of rotatable bonds is 2. The molecule has 2 rings (SSSR count). The minimum absolute atomic E-state index is 0.148. The summed E-state index contributed by atoms with van der Waals surface area (Å²) in [6.45, 7) is 1.63. The third-order valence-electron chi connectivity index (χ3n) is 2.79. The Labute approximate surface area is 109 Å². The van der Waals surface area contributed by atoms with Crippen molar-refractivity contribution in [2.75, 3.05) is 7.11 Å². The van der Waals surface area contributed by atoms with E-state index in [-0.39, 0.29) is 11.3 Å². The van der Waals surface area contributed by atoms with Crippen molar-refractivity contribution in [1.82, 2.24) is 0 Å². The second-order valence-electron chi connectivity index (χ2n) is 4.03. The zero-order valence-electron chi connectivity index (χ0n) is 10.5. The summed E-state index contributed by atoms with van der Waals surface area (Å²) in [7, 11) is 1.24. The van der Waals surface area contributed by atoms with E-state index in [1.165, 1.54) is 43.5 Å². The summed E-state index contributed by atoms with van der Waals surface area (Å²) in [5, 5.41) is 12.1. The lowest BCUT2D eigenvalue weighted by molar-refractivity contribution is -0.600. The number of hydrogen-bond donors (Lipinski definition) is 0. The molecule has 0 radical (unpaired) electrons.